The summed E-state index contributed by atoms with van der Waals surface area (Å²) < 4.78 is 0. The zero-order chi connectivity index (χ0) is 10.8. The second kappa shape index (κ2) is 4.23. The topological polar surface area (TPSA) is 23.5 Å². The first-order valence-electron chi connectivity index (χ1n) is 5.66. The summed E-state index contributed by atoms with van der Waals surface area (Å²) in [6.45, 7) is 5.70. The molecule has 2 unspecified atom stereocenters. The van der Waals surface area contributed by atoms with Crippen molar-refractivity contribution in [1.82, 2.24) is 0 Å². The molecule has 0 saturated carbocycles. The van der Waals surface area contributed by atoms with Gasteiger partial charge < -0.3 is 10.0 Å². The molecule has 1 N–H and O–H groups in total. The first-order valence-corrected chi connectivity index (χ1v) is 5.66. The van der Waals surface area contributed by atoms with Crippen molar-refractivity contribution in [3.05, 3.63) is 29.8 Å². The summed E-state index contributed by atoms with van der Waals surface area (Å²) in [4.78, 5) is 2.40. The van der Waals surface area contributed by atoms with Crippen LogP contribution >= 0.6 is 0 Å². The fourth-order valence-corrected chi connectivity index (χ4v) is 2.42. The molecule has 1 saturated heterocycles. The van der Waals surface area contributed by atoms with Crippen LogP contribution in [0.4, 0.5) is 5.69 Å². The fourth-order valence-electron chi connectivity index (χ4n) is 2.42. The van der Waals surface area contributed by atoms with Crippen LogP contribution in [0.25, 0.3) is 0 Å². The van der Waals surface area contributed by atoms with Crippen LogP contribution in [0.1, 0.15) is 18.9 Å². The number of aryl methyl sites for hydroxylation is 1. The number of hydrogen-bond acceptors (Lipinski definition) is 2. The molecule has 0 bridgehead atoms. The molecule has 1 aromatic carbocycles. The van der Waals surface area contributed by atoms with Gasteiger partial charge in [0.15, 0.2) is 0 Å². The van der Waals surface area contributed by atoms with Crippen molar-refractivity contribution in [3.8, 4) is 0 Å². The zero-order valence-electron chi connectivity index (χ0n) is 9.48. The van der Waals surface area contributed by atoms with E-state index in [9.17, 15) is 5.11 Å². The lowest BCUT2D eigenvalue weighted by molar-refractivity contribution is 0.221. The van der Waals surface area contributed by atoms with Crippen LogP contribution < -0.4 is 4.90 Å². The summed E-state index contributed by atoms with van der Waals surface area (Å²) in [5.74, 6) is 0.436. The zero-order valence-corrected chi connectivity index (χ0v) is 9.48. The molecular weight excluding hydrogens is 186 g/mol. The minimum absolute atomic E-state index is 0.309. The van der Waals surface area contributed by atoms with Crippen molar-refractivity contribution in [3.63, 3.8) is 0 Å². The largest absolute Gasteiger partial charge is 0.396 e. The molecule has 15 heavy (non-hydrogen) atoms. The number of aliphatic hydroxyl groups excluding tert-OH is 1. The molecule has 2 nitrogen and oxygen atoms in total. The fraction of sp³-hybridized carbons (Fsp3) is 0.538. The molecule has 0 radical (unpaired) electrons. The Morgan fingerprint density at radius 2 is 2.27 bits per heavy atom. The van der Waals surface area contributed by atoms with E-state index in [-0.39, 0.29) is 0 Å². The van der Waals surface area contributed by atoms with Crippen molar-refractivity contribution in [2.75, 3.05) is 18.1 Å². The Labute approximate surface area is 91.5 Å². The summed E-state index contributed by atoms with van der Waals surface area (Å²) in [5.41, 5.74) is 2.59. The Balaban J connectivity index is 2.18. The molecule has 0 spiro atoms. The SMILES string of the molecule is Cc1cccc(N2CCC(CO)C2C)c1. The van der Waals surface area contributed by atoms with Crippen LogP contribution in [0.3, 0.4) is 0 Å². The van der Waals surface area contributed by atoms with E-state index in [0.717, 1.165) is 13.0 Å². The average Bonchev–Trinajstić information content (AvgIpc) is 2.59. The molecule has 0 aliphatic carbocycles. The van der Waals surface area contributed by atoms with E-state index >= 15 is 0 Å². The van der Waals surface area contributed by atoms with E-state index in [4.69, 9.17) is 0 Å². The minimum Gasteiger partial charge on any atom is -0.396 e. The molecule has 82 valence electrons. The predicted molar refractivity (Wildman–Crippen MR) is 63.2 cm³/mol. The third-order valence-corrected chi connectivity index (χ3v) is 3.48. The second-order valence-corrected chi connectivity index (χ2v) is 4.50. The quantitative estimate of drug-likeness (QED) is 0.800. The number of nitrogens with zero attached hydrogens (tertiary/aromatic N) is 1. The summed E-state index contributed by atoms with van der Waals surface area (Å²) in [5, 5.41) is 9.23. The monoisotopic (exact) mass is 205 g/mol. The molecule has 0 aromatic heterocycles. The van der Waals surface area contributed by atoms with E-state index in [2.05, 4.69) is 43.0 Å². The van der Waals surface area contributed by atoms with Gasteiger partial charge in [-0.15, -0.1) is 0 Å². The van der Waals surface area contributed by atoms with Gasteiger partial charge in [0, 0.05) is 30.8 Å². The smallest absolute Gasteiger partial charge is 0.0479 e. The van der Waals surface area contributed by atoms with Crippen LogP contribution in [0.5, 0.6) is 0 Å². The normalized spacial score (nSPS) is 25.9. The van der Waals surface area contributed by atoms with Crippen molar-refractivity contribution in [1.29, 1.82) is 0 Å². The van der Waals surface area contributed by atoms with E-state index in [1.54, 1.807) is 0 Å². The molecule has 1 aliphatic heterocycles. The molecular formula is C13H19NO. The molecule has 1 aliphatic rings. The van der Waals surface area contributed by atoms with Crippen molar-refractivity contribution in [2.45, 2.75) is 26.3 Å². The molecule has 2 heteroatoms. The summed E-state index contributed by atoms with van der Waals surface area (Å²) in [6.07, 6.45) is 1.10. The Morgan fingerprint density at radius 3 is 2.87 bits per heavy atom. The Hall–Kier alpha value is -1.02. The maximum atomic E-state index is 9.23. The molecule has 1 fully saturated rings. The maximum absolute atomic E-state index is 9.23. The van der Waals surface area contributed by atoms with Gasteiger partial charge in [-0.3, -0.25) is 0 Å². The third-order valence-electron chi connectivity index (χ3n) is 3.48. The van der Waals surface area contributed by atoms with E-state index in [0.29, 0.717) is 18.6 Å². The molecule has 1 heterocycles. The van der Waals surface area contributed by atoms with Gasteiger partial charge in [-0.1, -0.05) is 12.1 Å². The first-order chi connectivity index (χ1) is 7.22. The highest BCUT2D eigenvalue weighted by molar-refractivity contribution is 5.50. The van der Waals surface area contributed by atoms with Crippen molar-refractivity contribution in [2.24, 2.45) is 5.92 Å². The van der Waals surface area contributed by atoms with Crippen molar-refractivity contribution >= 4 is 5.69 Å². The van der Waals surface area contributed by atoms with Gasteiger partial charge in [0.05, 0.1) is 0 Å². The molecule has 0 amide bonds. The first kappa shape index (κ1) is 10.5. The summed E-state index contributed by atoms with van der Waals surface area (Å²) >= 11 is 0. The van der Waals surface area contributed by atoms with E-state index < -0.39 is 0 Å². The maximum Gasteiger partial charge on any atom is 0.0479 e. The van der Waals surface area contributed by atoms with Gasteiger partial charge in [-0.05, 0) is 38.0 Å². The standard InChI is InChI=1S/C13H19NO/c1-10-4-3-5-13(8-10)14-7-6-12(9-15)11(14)2/h3-5,8,11-12,15H,6-7,9H2,1-2H3. The van der Waals surface area contributed by atoms with Crippen LogP contribution in [0, 0.1) is 12.8 Å². The predicted octanol–water partition coefficient (Wildman–Crippen LogP) is 2.20. The van der Waals surface area contributed by atoms with E-state index in [1.165, 1.54) is 11.3 Å². The van der Waals surface area contributed by atoms with Gasteiger partial charge in [0.1, 0.15) is 0 Å². The van der Waals surface area contributed by atoms with Gasteiger partial charge in [-0.2, -0.15) is 0 Å². The van der Waals surface area contributed by atoms with Crippen molar-refractivity contribution < 1.29 is 5.11 Å². The number of rotatable bonds is 2. The lowest BCUT2D eigenvalue weighted by atomic mass is 10.0. The van der Waals surface area contributed by atoms with Gasteiger partial charge in [0.25, 0.3) is 0 Å². The highest BCUT2D eigenvalue weighted by Crippen LogP contribution is 2.29. The lowest BCUT2D eigenvalue weighted by Crippen LogP contribution is -2.31. The van der Waals surface area contributed by atoms with Crippen LogP contribution in [0.2, 0.25) is 0 Å². The highest BCUT2D eigenvalue weighted by atomic mass is 16.3. The van der Waals surface area contributed by atoms with E-state index in [1.807, 2.05) is 0 Å². The van der Waals surface area contributed by atoms with Gasteiger partial charge in [-0.25, -0.2) is 0 Å². The highest BCUT2D eigenvalue weighted by Gasteiger charge is 2.29. The number of anilines is 1. The summed E-state index contributed by atoms with van der Waals surface area (Å²) in [6, 6.07) is 9.05. The minimum atomic E-state index is 0.309. The Morgan fingerprint density at radius 1 is 1.47 bits per heavy atom. The van der Waals surface area contributed by atoms with Crippen LogP contribution in [0.15, 0.2) is 24.3 Å². The lowest BCUT2D eigenvalue weighted by Gasteiger charge is -2.26. The average molecular weight is 205 g/mol. The Bertz CT molecular complexity index is 337. The number of benzene rings is 1. The Kier molecular flexibility index (Phi) is 2.96. The van der Waals surface area contributed by atoms with Gasteiger partial charge in [0.2, 0.25) is 0 Å². The second-order valence-electron chi connectivity index (χ2n) is 4.50. The summed E-state index contributed by atoms with van der Waals surface area (Å²) in [7, 11) is 0. The molecule has 2 atom stereocenters. The molecule has 1 aromatic rings. The number of hydrogen-bond donors (Lipinski definition) is 1. The third kappa shape index (κ3) is 2.00. The van der Waals surface area contributed by atoms with Crippen LogP contribution in [-0.4, -0.2) is 24.3 Å². The van der Waals surface area contributed by atoms with Gasteiger partial charge >= 0.3 is 0 Å². The molecule has 2 rings (SSSR count). The van der Waals surface area contributed by atoms with Crippen LogP contribution in [-0.2, 0) is 0 Å². The number of aliphatic hydroxyl groups is 1.